The van der Waals surface area contributed by atoms with Gasteiger partial charge in [0, 0.05) is 18.5 Å². The van der Waals surface area contributed by atoms with Crippen molar-refractivity contribution >= 4 is 0 Å². The number of imidazole rings is 1. The normalized spacial score (nSPS) is 9.85. The first-order valence-corrected chi connectivity index (χ1v) is 3.81. The van der Waals surface area contributed by atoms with Crippen LogP contribution in [0.1, 0.15) is 0 Å². The predicted molar refractivity (Wildman–Crippen MR) is 46.8 cm³/mol. The number of phenols is 1. The first-order valence-electron chi connectivity index (χ1n) is 3.81. The Labute approximate surface area is 74.8 Å². The van der Waals surface area contributed by atoms with Crippen LogP contribution in [0.2, 0.25) is 0 Å². The predicted octanol–water partition coefficient (Wildman–Crippen LogP) is 1.91. The third-order valence-electron chi connectivity index (χ3n) is 1.51. The van der Waals surface area contributed by atoms with Gasteiger partial charge in [0.2, 0.25) is 0 Å². The van der Waals surface area contributed by atoms with Crippen molar-refractivity contribution in [1.29, 1.82) is 0 Å². The molecule has 0 atom stereocenters. The molecule has 0 bridgehead atoms. The largest absolute Gasteiger partial charge is 0.508 e. The third-order valence-corrected chi connectivity index (χ3v) is 1.51. The summed E-state index contributed by atoms with van der Waals surface area (Å²) in [7, 11) is 0. The number of rotatable bonds is 2. The van der Waals surface area contributed by atoms with Crippen molar-refractivity contribution in [1.82, 2.24) is 9.97 Å². The summed E-state index contributed by atoms with van der Waals surface area (Å²) in [6.45, 7) is 0. The molecule has 2 N–H and O–H groups in total. The second-order valence-corrected chi connectivity index (χ2v) is 2.49. The van der Waals surface area contributed by atoms with Crippen molar-refractivity contribution in [2.45, 2.75) is 0 Å². The van der Waals surface area contributed by atoms with Gasteiger partial charge in [-0.05, 0) is 12.1 Å². The van der Waals surface area contributed by atoms with E-state index in [1.807, 2.05) is 0 Å². The van der Waals surface area contributed by atoms with E-state index in [0.717, 1.165) is 0 Å². The van der Waals surface area contributed by atoms with E-state index in [4.69, 9.17) is 9.84 Å². The Morgan fingerprint density at radius 2 is 2.31 bits per heavy atom. The molecule has 13 heavy (non-hydrogen) atoms. The van der Waals surface area contributed by atoms with E-state index >= 15 is 0 Å². The minimum Gasteiger partial charge on any atom is -0.508 e. The fraction of sp³-hybridized carbons (Fsp3) is 0. The molecule has 1 aromatic carbocycles. The first-order chi connectivity index (χ1) is 6.34. The number of hydrogen-bond acceptors (Lipinski definition) is 3. The Kier molecular flexibility index (Phi) is 1.88. The van der Waals surface area contributed by atoms with Crippen LogP contribution in [0, 0.1) is 0 Å². The van der Waals surface area contributed by atoms with Crippen molar-refractivity contribution < 1.29 is 9.84 Å². The summed E-state index contributed by atoms with van der Waals surface area (Å²) in [5.74, 6) is 0.721. The van der Waals surface area contributed by atoms with E-state index in [0.29, 0.717) is 11.8 Å². The zero-order valence-corrected chi connectivity index (χ0v) is 6.77. The van der Waals surface area contributed by atoms with Crippen molar-refractivity contribution in [3.05, 3.63) is 36.7 Å². The van der Waals surface area contributed by atoms with E-state index in [-0.39, 0.29) is 5.75 Å². The van der Waals surface area contributed by atoms with Gasteiger partial charge in [0.1, 0.15) is 11.5 Å². The average Bonchev–Trinajstić information content (AvgIpc) is 2.57. The molecule has 4 heteroatoms. The molecule has 4 nitrogen and oxygen atoms in total. The number of aromatic amines is 1. The van der Waals surface area contributed by atoms with Crippen LogP contribution in [0.3, 0.4) is 0 Å². The summed E-state index contributed by atoms with van der Waals surface area (Å²) in [5, 5.41) is 9.13. The molecule has 1 heterocycles. The molecule has 0 aliphatic carbocycles. The highest BCUT2D eigenvalue weighted by Gasteiger charge is 1.98. The van der Waals surface area contributed by atoms with Crippen LogP contribution in [0.5, 0.6) is 17.5 Å². The molecule has 0 spiro atoms. The van der Waals surface area contributed by atoms with Gasteiger partial charge >= 0.3 is 0 Å². The smallest absolute Gasteiger partial charge is 0.299 e. The molecule has 0 radical (unpaired) electrons. The van der Waals surface area contributed by atoms with Gasteiger partial charge in [0.05, 0.1) is 0 Å². The summed E-state index contributed by atoms with van der Waals surface area (Å²) >= 11 is 0. The quantitative estimate of drug-likeness (QED) is 0.734. The van der Waals surface area contributed by atoms with Crippen LogP contribution in [0.4, 0.5) is 0 Å². The molecule has 66 valence electrons. The molecular weight excluding hydrogens is 168 g/mol. The Balaban J connectivity index is 2.19. The Hall–Kier alpha value is -1.97. The number of phenolic OH excluding ortho intramolecular Hbond substituents is 1. The number of nitrogens with one attached hydrogen (secondary N) is 1. The highest BCUT2D eigenvalue weighted by Crippen LogP contribution is 2.21. The average molecular weight is 176 g/mol. The summed E-state index contributed by atoms with van der Waals surface area (Å²) < 4.78 is 5.27. The summed E-state index contributed by atoms with van der Waals surface area (Å²) in [6.07, 6.45) is 3.26. The van der Waals surface area contributed by atoms with Crippen LogP contribution in [-0.4, -0.2) is 15.1 Å². The van der Waals surface area contributed by atoms with Crippen molar-refractivity contribution in [3.8, 4) is 17.5 Å². The number of aromatic hydroxyl groups is 1. The number of nitrogens with zero attached hydrogens (tertiary/aromatic N) is 1. The molecular formula is C9H8N2O2. The third kappa shape index (κ3) is 1.79. The van der Waals surface area contributed by atoms with Gasteiger partial charge in [0.15, 0.2) is 0 Å². The number of aromatic nitrogens is 2. The lowest BCUT2D eigenvalue weighted by atomic mass is 10.3. The van der Waals surface area contributed by atoms with Crippen molar-refractivity contribution in [2.75, 3.05) is 0 Å². The van der Waals surface area contributed by atoms with Crippen LogP contribution in [0.15, 0.2) is 36.7 Å². The summed E-state index contributed by atoms with van der Waals surface area (Å²) in [6, 6.07) is 6.94. The Morgan fingerprint density at radius 1 is 1.38 bits per heavy atom. The molecule has 0 unspecified atom stereocenters. The highest BCUT2D eigenvalue weighted by molar-refractivity contribution is 5.33. The zero-order valence-electron chi connectivity index (χ0n) is 6.77. The maximum atomic E-state index is 9.13. The van der Waals surface area contributed by atoms with E-state index in [1.165, 1.54) is 6.07 Å². The molecule has 0 saturated carbocycles. The van der Waals surface area contributed by atoms with Gasteiger partial charge in [-0.3, -0.25) is 0 Å². The fourth-order valence-electron chi connectivity index (χ4n) is 0.965. The van der Waals surface area contributed by atoms with Crippen LogP contribution in [-0.2, 0) is 0 Å². The SMILES string of the molecule is Oc1cccc(Oc2ncc[nH]2)c1. The topological polar surface area (TPSA) is 58.1 Å². The number of H-pyrrole nitrogens is 1. The van der Waals surface area contributed by atoms with Gasteiger partial charge < -0.3 is 14.8 Å². The number of hydrogen-bond donors (Lipinski definition) is 2. The van der Waals surface area contributed by atoms with Crippen LogP contribution < -0.4 is 4.74 Å². The van der Waals surface area contributed by atoms with Gasteiger partial charge in [-0.15, -0.1) is 0 Å². The van der Waals surface area contributed by atoms with E-state index in [2.05, 4.69) is 9.97 Å². The molecule has 0 fully saturated rings. The summed E-state index contributed by atoms with van der Waals surface area (Å²) in [5.41, 5.74) is 0. The van der Waals surface area contributed by atoms with Gasteiger partial charge in [-0.2, -0.15) is 0 Å². The second kappa shape index (κ2) is 3.18. The van der Waals surface area contributed by atoms with E-state index in [9.17, 15) is 0 Å². The monoisotopic (exact) mass is 176 g/mol. The lowest BCUT2D eigenvalue weighted by Crippen LogP contribution is -1.84. The second-order valence-electron chi connectivity index (χ2n) is 2.49. The Bertz CT molecular complexity index is 384. The van der Waals surface area contributed by atoms with Crippen molar-refractivity contribution in [3.63, 3.8) is 0 Å². The number of benzene rings is 1. The molecule has 0 saturated heterocycles. The van der Waals surface area contributed by atoms with E-state index in [1.54, 1.807) is 30.6 Å². The maximum absolute atomic E-state index is 9.13. The fourth-order valence-corrected chi connectivity index (χ4v) is 0.965. The minimum absolute atomic E-state index is 0.170. The Morgan fingerprint density at radius 3 is 3.00 bits per heavy atom. The summed E-state index contributed by atoms with van der Waals surface area (Å²) in [4.78, 5) is 6.67. The van der Waals surface area contributed by atoms with Gasteiger partial charge in [-0.1, -0.05) is 6.07 Å². The molecule has 1 aromatic heterocycles. The molecule has 2 aromatic rings. The molecule has 0 amide bonds. The van der Waals surface area contributed by atoms with Gasteiger partial charge in [0.25, 0.3) is 6.01 Å². The highest BCUT2D eigenvalue weighted by atomic mass is 16.5. The van der Waals surface area contributed by atoms with Crippen LogP contribution in [0.25, 0.3) is 0 Å². The van der Waals surface area contributed by atoms with Crippen LogP contribution >= 0.6 is 0 Å². The lowest BCUT2D eigenvalue weighted by Gasteiger charge is -2.00. The minimum atomic E-state index is 0.170. The molecule has 0 aliphatic rings. The van der Waals surface area contributed by atoms with Gasteiger partial charge in [-0.25, -0.2) is 4.98 Å². The van der Waals surface area contributed by atoms with E-state index < -0.39 is 0 Å². The van der Waals surface area contributed by atoms with Crippen molar-refractivity contribution in [2.24, 2.45) is 0 Å². The maximum Gasteiger partial charge on any atom is 0.299 e. The molecule has 2 rings (SSSR count). The zero-order chi connectivity index (χ0) is 9.10. The first kappa shape index (κ1) is 7.67. The molecule has 0 aliphatic heterocycles. The lowest BCUT2D eigenvalue weighted by molar-refractivity contribution is 0.435. The standard InChI is InChI=1S/C9H8N2O2/c12-7-2-1-3-8(6-7)13-9-10-4-5-11-9/h1-6,12H,(H,10,11). The number of ether oxygens (including phenoxy) is 1.